The van der Waals surface area contributed by atoms with Crippen LogP contribution in [-0.2, 0) is 10.5 Å². The van der Waals surface area contributed by atoms with Crippen LogP contribution < -0.4 is 5.32 Å². The average Bonchev–Trinajstić information content (AvgIpc) is 2.89. The molecule has 0 fully saturated rings. The van der Waals surface area contributed by atoms with Gasteiger partial charge in [-0.1, -0.05) is 37.1 Å². The predicted octanol–water partition coefficient (Wildman–Crippen LogP) is 4.45. The summed E-state index contributed by atoms with van der Waals surface area (Å²) in [5, 5.41) is 3.52. The Hall–Kier alpha value is -1.46. The molecule has 124 valence electrons. The first-order chi connectivity index (χ1) is 11.1. The van der Waals surface area contributed by atoms with E-state index < -0.39 is 0 Å². The van der Waals surface area contributed by atoms with E-state index in [0.29, 0.717) is 22.4 Å². The number of nitrogens with one attached hydrogen (secondary N) is 1. The minimum absolute atomic E-state index is 0.0657. The van der Waals surface area contributed by atoms with Crippen LogP contribution >= 0.6 is 23.4 Å². The van der Waals surface area contributed by atoms with Crippen molar-refractivity contribution in [3.63, 3.8) is 0 Å². The number of oxazole rings is 1. The summed E-state index contributed by atoms with van der Waals surface area (Å²) in [4.78, 5) is 16.2. The zero-order valence-corrected chi connectivity index (χ0v) is 15.0. The van der Waals surface area contributed by atoms with E-state index in [-0.39, 0.29) is 5.91 Å². The van der Waals surface area contributed by atoms with Crippen molar-refractivity contribution >= 4 is 29.3 Å². The highest BCUT2D eigenvalue weighted by Gasteiger charge is 2.14. The van der Waals surface area contributed by atoms with E-state index in [1.165, 1.54) is 11.8 Å². The van der Waals surface area contributed by atoms with Crippen molar-refractivity contribution in [3.05, 3.63) is 40.7 Å². The maximum absolute atomic E-state index is 11.7. The Balaban J connectivity index is 1.90. The summed E-state index contributed by atoms with van der Waals surface area (Å²) in [6, 6.07) is 7.46. The van der Waals surface area contributed by atoms with Gasteiger partial charge in [-0.05, 0) is 25.5 Å². The van der Waals surface area contributed by atoms with Gasteiger partial charge in [-0.25, -0.2) is 4.98 Å². The monoisotopic (exact) mass is 352 g/mol. The fraction of sp³-hybridized carbons (Fsp3) is 0.412. The van der Waals surface area contributed by atoms with Gasteiger partial charge in [0.05, 0.1) is 22.0 Å². The van der Waals surface area contributed by atoms with Crippen molar-refractivity contribution in [2.45, 2.75) is 32.4 Å². The van der Waals surface area contributed by atoms with Crippen molar-refractivity contribution in [2.24, 2.45) is 0 Å². The van der Waals surface area contributed by atoms with Crippen molar-refractivity contribution in [3.8, 4) is 11.5 Å². The number of aryl methyl sites for hydroxylation is 1. The van der Waals surface area contributed by atoms with Gasteiger partial charge in [0.2, 0.25) is 11.8 Å². The van der Waals surface area contributed by atoms with E-state index in [2.05, 4.69) is 17.2 Å². The molecule has 0 aliphatic heterocycles. The molecule has 0 saturated carbocycles. The molecule has 23 heavy (non-hydrogen) atoms. The zero-order chi connectivity index (χ0) is 16.7. The Morgan fingerprint density at radius 3 is 2.91 bits per heavy atom. The van der Waals surface area contributed by atoms with Crippen molar-refractivity contribution in [1.29, 1.82) is 0 Å². The van der Waals surface area contributed by atoms with Crippen LogP contribution in [0.1, 0.15) is 31.2 Å². The number of unbranched alkanes of at least 4 members (excludes halogenated alkanes) is 1. The Kier molecular flexibility index (Phi) is 6.99. The molecule has 0 saturated heterocycles. The van der Waals surface area contributed by atoms with E-state index in [9.17, 15) is 4.79 Å². The van der Waals surface area contributed by atoms with E-state index >= 15 is 0 Å². The number of thioether (sulfide) groups is 1. The first kappa shape index (κ1) is 17.9. The molecule has 0 aliphatic carbocycles. The smallest absolute Gasteiger partial charge is 0.230 e. The number of hydrogen-bond acceptors (Lipinski definition) is 4. The molecule has 0 spiro atoms. The van der Waals surface area contributed by atoms with Gasteiger partial charge < -0.3 is 9.73 Å². The van der Waals surface area contributed by atoms with Gasteiger partial charge in [0.1, 0.15) is 5.76 Å². The molecule has 1 aromatic carbocycles. The maximum Gasteiger partial charge on any atom is 0.230 e. The predicted molar refractivity (Wildman–Crippen MR) is 95.8 cm³/mol. The summed E-state index contributed by atoms with van der Waals surface area (Å²) in [7, 11) is 0. The van der Waals surface area contributed by atoms with Crippen LogP contribution in [0, 0.1) is 6.92 Å². The quantitative estimate of drug-likeness (QED) is 0.713. The lowest BCUT2D eigenvalue weighted by Crippen LogP contribution is -2.26. The fourth-order valence-corrected chi connectivity index (χ4v) is 3.08. The number of aromatic nitrogens is 1. The molecular weight excluding hydrogens is 332 g/mol. The van der Waals surface area contributed by atoms with Crippen LogP contribution in [0.25, 0.3) is 11.5 Å². The van der Waals surface area contributed by atoms with Gasteiger partial charge in [-0.15, -0.1) is 11.8 Å². The Morgan fingerprint density at radius 1 is 1.39 bits per heavy atom. The van der Waals surface area contributed by atoms with E-state index in [0.717, 1.165) is 36.4 Å². The molecule has 2 rings (SSSR count). The lowest BCUT2D eigenvalue weighted by atomic mass is 10.2. The molecule has 1 aromatic heterocycles. The summed E-state index contributed by atoms with van der Waals surface area (Å²) in [5.74, 6) is 2.42. The van der Waals surface area contributed by atoms with Gasteiger partial charge >= 0.3 is 0 Å². The standard InChI is InChI=1S/C17H21ClN2O2S/c1-3-4-9-19-16(21)11-23-10-15-12(2)22-17(20-15)13-7-5-6-8-14(13)18/h5-8H,3-4,9-11H2,1-2H3,(H,19,21). The van der Waals surface area contributed by atoms with Gasteiger partial charge in [-0.2, -0.15) is 0 Å². The van der Waals surface area contributed by atoms with Crippen LogP contribution in [0.2, 0.25) is 5.02 Å². The summed E-state index contributed by atoms with van der Waals surface area (Å²) in [6.45, 7) is 4.73. The number of rotatable bonds is 8. The molecule has 0 aliphatic rings. The topological polar surface area (TPSA) is 55.1 Å². The number of amides is 1. The van der Waals surface area contributed by atoms with Gasteiger partial charge in [0, 0.05) is 12.3 Å². The van der Waals surface area contributed by atoms with Crippen LogP contribution in [0.4, 0.5) is 0 Å². The summed E-state index contributed by atoms with van der Waals surface area (Å²) >= 11 is 7.70. The molecule has 6 heteroatoms. The minimum Gasteiger partial charge on any atom is -0.441 e. The Morgan fingerprint density at radius 2 is 2.17 bits per heavy atom. The summed E-state index contributed by atoms with van der Waals surface area (Å²) < 4.78 is 5.71. The van der Waals surface area contributed by atoms with Crippen molar-refractivity contribution in [1.82, 2.24) is 10.3 Å². The van der Waals surface area contributed by atoms with Gasteiger partial charge in [0.15, 0.2) is 0 Å². The number of hydrogen-bond donors (Lipinski definition) is 1. The lowest BCUT2D eigenvalue weighted by Gasteiger charge is -2.03. The molecule has 0 radical (unpaired) electrons. The normalized spacial score (nSPS) is 10.7. The first-order valence-electron chi connectivity index (χ1n) is 7.67. The van der Waals surface area contributed by atoms with Gasteiger partial charge in [-0.3, -0.25) is 4.79 Å². The van der Waals surface area contributed by atoms with Crippen LogP contribution in [0.15, 0.2) is 28.7 Å². The lowest BCUT2D eigenvalue weighted by molar-refractivity contribution is -0.118. The van der Waals surface area contributed by atoms with E-state index in [1.54, 1.807) is 0 Å². The highest BCUT2D eigenvalue weighted by Crippen LogP contribution is 2.29. The second-order valence-electron chi connectivity index (χ2n) is 5.20. The van der Waals surface area contributed by atoms with Crippen LogP contribution in [0.5, 0.6) is 0 Å². The average molecular weight is 353 g/mol. The fourth-order valence-electron chi connectivity index (χ4n) is 2.01. The second-order valence-corrected chi connectivity index (χ2v) is 6.59. The molecule has 0 atom stereocenters. The molecule has 1 heterocycles. The molecule has 0 unspecified atom stereocenters. The third kappa shape index (κ3) is 5.29. The molecule has 0 bridgehead atoms. The second kappa shape index (κ2) is 8.99. The van der Waals surface area contributed by atoms with Crippen LogP contribution in [-0.4, -0.2) is 23.2 Å². The number of carbonyl (C=O) groups excluding carboxylic acids is 1. The molecule has 1 amide bonds. The van der Waals surface area contributed by atoms with Crippen molar-refractivity contribution in [2.75, 3.05) is 12.3 Å². The van der Waals surface area contributed by atoms with Gasteiger partial charge in [0.25, 0.3) is 0 Å². The number of nitrogens with zero attached hydrogens (tertiary/aromatic N) is 1. The minimum atomic E-state index is 0.0657. The molecule has 2 aromatic rings. The third-order valence-corrected chi connectivity index (χ3v) is 4.59. The highest BCUT2D eigenvalue weighted by atomic mass is 35.5. The Bertz CT molecular complexity index is 658. The van der Waals surface area contributed by atoms with Crippen molar-refractivity contribution < 1.29 is 9.21 Å². The highest BCUT2D eigenvalue weighted by molar-refractivity contribution is 7.99. The molecule has 4 nitrogen and oxygen atoms in total. The first-order valence-corrected chi connectivity index (χ1v) is 9.20. The van der Waals surface area contributed by atoms with E-state index in [1.807, 2.05) is 31.2 Å². The summed E-state index contributed by atoms with van der Waals surface area (Å²) in [6.07, 6.45) is 2.09. The zero-order valence-electron chi connectivity index (χ0n) is 13.4. The number of halogens is 1. The largest absolute Gasteiger partial charge is 0.441 e. The molecular formula is C17H21ClN2O2S. The number of carbonyl (C=O) groups is 1. The Labute approximate surface area is 146 Å². The van der Waals surface area contributed by atoms with E-state index in [4.69, 9.17) is 16.0 Å². The third-order valence-electron chi connectivity index (χ3n) is 3.32. The summed E-state index contributed by atoms with van der Waals surface area (Å²) in [5.41, 5.74) is 1.64. The maximum atomic E-state index is 11.7. The molecule has 1 N–H and O–H groups in total. The number of benzene rings is 1. The SMILES string of the molecule is CCCCNC(=O)CSCc1nc(-c2ccccc2Cl)oc1C. The van der Waals surface area contributed by atoms with Crippen LogP contribution in [0.3, 0.4) is 0 Å².